The van der Waals surface area contributed by atoms with Crippen LogP contribution in [0.2, 0.25) is 0 Å². The van der Waals surface area contributed by atoms with Crippen molar-refractivity contribution >= 4 is 16.0 Å². The van der Waals surface area contributed by atoms with Gasteiger partial charge >= 0.3 is 5.97 Å². The van der Waals surface area contributed by atoms with Crippen LogP contribution in [0.1, 0.15) is 18.5 Å². The van der Waals surface area contributed by atoms with Crippen LogP contribution >= 0.6 is 0 Å². The maximum Gasteiger partial charge on any atom is 0.309 e. The Morgan fingerprint density at radius 3 is 2.46 bits per heavy atom. The molecule has 3 rings (SSSR count). The van der Waals surface area contributed by atoms with Crippen LogP contribution in [0.5, 0.6) is 0 Å². The number of halogens is 1. The summed E-state index contributed by atoms with van der Waals surface area (Å²) in [6.07, 6.45) is 2.41. The Morgan fingerprint density at radius 1 is 1.15 bits per heavy atom. The minimum Gasteiger partial charge on any atom is -0.459 e. The van der Waals surface area contributed by atoms with E-state index in [1.54, 1.807) is 18.3 Å². The molecule has 1 saturated heterocycles. The summed E-state index contributed by atoms with van der Waals surface area (Å²) in [5.41, 5.74) is 0.664. The molecule has 0 aliphatic carbocycles. The molecule has 2 aromatic rings. The van der Waals surface area contributed by atoms with Gasteiger partial charge in [0.25, 0.3) is 0 Å². The van der Waals surface area contributed by atoms with Crippen molar-refractivity contribution in [2.75, 3.05) is 13.1 Å². The predicted octanol–water partition coefficient (Wildman–Crippen LogP) is 2.36. The molecule has 0 N–H and O–H groups in total. The summed E-state index contributed by atoms with van der Waals surface area (Å²) >= 11 is 0. The summed E-state index contributed by atoms with van der Waals surface area (Å²) in [5, 5.41) is 0. The van der Waals surface area contributed by atoms with E-state index in [0.717, 1.165) is 12.1 Å². The molecule has 138 valence electrons. The normalized spacial score (nSPS) is 16.3. The van der Waals surface area contributed by atoms with Gasteiger partial charge in [-0.1, -0.05) is 6.07 Å². The van der Waals surface area contributed by atoms with E-state index in [1.807, 2.05) is 6.07 Å². The van der Waals surface area contributed by atoms with Crippen LogP contribution in [0.15, 0.2) is 53.6 Å². The number of benzene rings is 1. The molecular weight excluding hydrogens is 359 g/mol. The summed E-state index contributed by atoms with van der Waals surface area (Å²) in [4.78, 5) is 16.3. The topological polar surface area (TPSA) is 76.6 Å². The monoisotopic (exact) mass is 378 g/mol. The van der Waals surface area contributed by atoms with E-state index in [9.17, 15) is 17.6 Å². The van der Waals surface area contributed by atoms with E-state index in [2.05, 4.69) is 4.98 Å². The molecule has 0 atom stereocenters. The second-order valence-electron chi connectivity index (χ2n) is 6.06. The van der Waals surface area contributed by atoms with Crippen LogP contribution in [-0.2, 0) is 26.2 Å². The number of pyridine rings is 1. The van der Waals surface area contributed by atoms with Crippen LogP contribution in [0.4, 0.5) is 4.39 Å². The van der Waals surface area contributed by atoms with E-state index < -0.39 is 15.8 Å². The van der Waals surface area contributed by atoms with Crippen LogP contribution in [0, 0.1) is 11.7 Å². The molecule has 26 heavy (non-hydrogen) atoms. The molecule has 1 aromatic carbocycles. The van der Waals surface area contributed by atoms with Gasteiger partial charge in [-0.2, -0.15) is 4.31 Å². The average molecular weight is 378 g/mol. The third-order valence-corrected chi connectivity index (χ3v) is 6.24. The number of nitrogens with zero attached hydrogens (tertiary/aromatic N) is 2. The van der Waals surface area contributed by atoms with Gasteiger partial charge in [0.05, 0.1) is 16.5 Å². The number of rotatable bonds is 5. The fourth-order valence-corrected chi connectivity index (χ4v) is 4.30. The third kappa shape index (κ3) is 4.25. The van der Waals surface area contributed by atoms with Gasteiger partial charge in [0.15, 0.2) is 0 Å². The molecule has 0 radical (unpaired) electrons. The Bertz CT molecular complexity index is 849. The summed E-state index contributed by atoms with van der Waals surface area (Å²) in [5.74, 6) is -1.16. The number of hydrogen-bond donors (Lipinski definition) is 0. The number of hydrogen-bond acceptors (Lipinski definition) is 5. The standard InChI is InChI=1S/C18H19FN2O4S/c19-15-4-6-17(7-5-15)26(23,24)21-11-8-14(9-12-21)18(22)25-13-16-3-1-2-10-20-16/h1-7,10,14H,8-9,11-13H2. The fraction of sp³-hybridized carbons (Fsp3) is 0.333. The SMILES string of the molecule is O=C(OCc1ccccn1)C1CCN(S(=O)(=O)c2ccc(F)cc2)CC1. The molecule has 0 amide bonds. The van der Waals surface area contributed by atoms with Crippen molar-refractivity contribution in [3.8, 4) is 0 Å². The van der Waals surface area contributed by atoms with Crippen molar-refractivity contribution in [3.63, 3.8) is 0 Å². The molecule has 6 nitrogen and oxygen atoms in total. The van der Waals surface area contributed by atoms with Gasteiger partial charge in [-0.25, -0.2) is 12.8 Å². The smallest absolute Gasteiger partial charge is 0.309 e. The highest BCUT2D eigenvalue weighted by Gasteiger charge is 2.32. The molecule has 0 saturated carbocycles. The highest BCUT2D eigenvalue weighted by atomic mass is 32.2. The lowest BCUT2D eigenvalue weighted by Gasteiger charge is -2.30. The molecule has 1 aliphatic rings. The van der Waals surface area contributed by atoms with Crippen molar-refractivity contribution in [1.82, 2.24) is 9.29 Å². The molecule has 2 heterocycles. The fourth-order valence-electron chi connectivity index (χ4n) is 2.83. The number of carbonyl (C=O) groups is 1. The van der Waals surface area contributed by atoms with E-state index in [0.29, 0.717) is 18.5 Å². The third-order valence-electron chi connectivity index (χ3n) is 4.33. The Kier molecular flexibility index (Phi) is 5.63. The first-order valence-corrected chi connectivity index (χ1v) is 9.73. The van der Waals surface area contributed by atoms with Crippen LogP contribution < -0.4 is 0 Å². The maximum absolute atomic E-state index is 13.0. The second-order valence-corrected chi connectivity index (χ2v) is 8.00. The van der Waals surface area contributed by atoms with Crippen LogP contribution in [0.25, 0.3) is 0 Å². The Balaban J connectivity index is 1.55. The van der Waals surface area contributed by atoms with E-state index >= 15 is 0 Å². The molecular formula is C18H19FN2O4S. The second kappa shape index (κ2) is 7.92. The highest BCUT2D eigenvalue weighted by Crippen LogP contribution is 2.25. The van der Waals surface area contributed by atoms with Crippen LogP contribution in [0.3, 0.4) is 0 Å². The zero-order valence-electron chi connectivity index (χ0n) is 14.0. The van der Waals surface area contributed by atoms with Gasteiger partial charge < -0.3 is 4.74 Å². The van der Waals surface area contributed by atoms with Crippen molar-refractivity contribution in [2.45, 2.75) is 24.3 Å². The number of esters is 1. The van der Waals surface area contributed by atoms with Crippen molar-refractivity contribution < 1.29 is 22.3 Å². The Labute approximate surface area is 151 Å². The van der Waals surface area contributed by atoms with Gasteiger partial charge in [-0.15, -0.1) is 0 Å². The van der Waals surface area contributed by atoms with Gasteiger partial charge in [-0.3, -0.25) is 9.78 Å². The Morgan fingerprint density at radius 2 is 1.85 bits per heavy atom. The first kappa shape index (κ1) is 18.5. The number of ether oxygens (including phenoxy) is 1. The zero-order chi connectivity index (χ0) is 18.6. The van der Waals surface area contributed by atoms with Crippen molar-refractivity contribution in [2.24, 2.45) is 5.92 Å². The van der Waals surface area contributed by atoms with Gasteiger partial charge in [0.1, 0.15) is 12.4 Å². The van der Waals surface area contributed by atoms with Crippen molar-refractivity contribution in [3.05, 3.63) is 60.2 Å². The Hall–Kier alpha value is -2.32. The molecule has 0 unspecified atom stereocenters. The van der Waals surface area contributed by atoms with Gasteiger partial charge in [-0.05, 0) is 49.2 Å². The van der Waals surface area contributed by atoms with E-state index in [1.165, 1.54) is 16.4 Å². The molecule has 8 heteroatoms. The quantitative estimate of drug-likeness (QED) is 0.747. The molecule has 1 aromatic heterocycles. The number of carbonyl (C=O) groups excluding carboxylic acids is 1. The largest absolute Gasteiger partial charge is 0.459 e. The molecule has 1 fully saturated rings. The lowest BCUT2D eigenvalue weighted by molar-refractivity contribution is -0.151. The number of aromatic nitrogens is 1. The first-order valence-electron chi connectivity index (χ1n) is 8.29. The summed E-state index contributed by atoms with van der Waals surface area (Å²) in [7, 11) is -3.68. The van der Waals surface area contributed by atoms with E-state index in [-0.39, 0.29) is 36.5 Å². The van der Waals surface area contributed by atoms with Gasteiger partial charge in [0.2, 0.25) is 10.0 Å². The lowest BCUT2D eigenvalue weighted by Crippen LogP contribution is -2.40. The minimum atomic E-state index is -3.68. The summed E-state index contributed by atoms with van der Waals surface area (Å²) in [6, 6.07) is 10.1. The molecule has 1 aliphatic heterocycles. The van der Waals surface area contributed by atoms with Crippen molar-refractivity contribution in [1.29, 1.82) is 0 Å². The van der Waals surface area contributed by atoms with Gasteiger partial charge in [0, 0.05) is 19.3 Å². The molecule has 0 bridgehead atoms. The maximum atomic E-state index is 13.0. The minimum absolute atomic E-state index is 0.0510. The first-order chi connectivity index (χ1) is 12.5. The summed E-state index contributed by atoms with van der Waals surface area (Å²) in [6.45, 7) is 0.555. The number of sulfonamides is 1. The highest BCUT2D eigenvalue weighted by molar-refractivity contribution is 7.89. The average Bonchev–Trinajstić information content (AvgIpc) is 2.67. The zero-order valence-corrected chi connectivity index (χ0v) is 14.9. The predicted molar refractivity (Wildman–Crippen MR) is 91.9 cm³/mol. The molecule has 0 spiro atoms. The van der Waals surface area contributed by atoms with E-state index in [4.69, 9.17) is 4.74 Å². The number of piperidine rings is 1. The van der Waals surface area contributed by atoms with Crippen LogP contribution in [-0.4, -0.2) is 36.8 Å². The lowest BCUT2D eigenvalue weighted by atomic mass is 9.98. The summed E-state index contributed by atoms with van der Waals surface area (Å²) < 4.78 is 44.7.